The van der Waals surface area contributed by atoms with Crippen LogP contribution in [0.25, 0.3) is 17.0 Å². The zero-order chi connectivity index (χ0) is 25.9. The number of hydrogen-bond acceptors (Lipinski definition) is 4. The van der Waals surface area contributed by atoms with Gasteiger partial charge in [0.05, 0.1) is 21.6 Å². The van der Waals surface area contributed by atoms with Crippen LogP contribution in [0.5, 0.6) is 0 Å². The van der Waals surface area contributed by atoms with Crippen LogP contribution in [0.15, 0.2) is 65.3 Å². The molecule has 0 aliphatic carbocycles. The molecule has 2 aromatic heterocycles. The molecule has 0 radical (unpaired) electrons. The summed E-state index contributed by atoms with van der Waals surface area (Å²) in [4.78, 5) is 19.7. The molecule has 0 fully saturated rings. The molecule has 1 aliphatic heterocycles. The first-order valence-electron chi connectivity index (χ1n) is 11.7. The molecule has 2 aromatic carbocycles. The van der Waals surface area contributed by atoms with Crippen LogP contribution in [-0.4, -0.2) is 33.6 Å². The lowest BCUT2D eigenvalue weighted by Crippen LogP contribution is -2.34. The van der Waals surface area contributed by atoms with Crippen molar-refractivity contribution in [2.24, 2.45) is 0 Å². The quantitative estimate of drug-likeness (QED) is 0.282. The summed E-state index contributed by atoms with van der Waals surface area (Å²) in [6.07, 6.45) is 6.33. The number of nitriles is 1. The Morgan fingerprint density at radius 1 is 1.24 bits per heavy atom. The van der Waals surface area contributed by atoms with Gasteiger partial charge < -0.3 is 5.32 Å². The second-order valence-electron chi connectivity index (χ2n) is 8.81. The maximum atomic E-state index is 13.5. The second kappa shape index (κ2) is 10.9. The molecule has 37 heavy (non-hydrogen) atoms. The van der Waals surface area contributed by atoms with Crippen molar-refractivity contribution in [3.05, 3.63) is 104 Å². The van der Waals surface area contributed by atoms with E-state index in [1.165, 1.54) is 6.07 Å². The van der Waals surface area contributed by atoms with Gasteiger partial charge in [-0.05, 0) is 69.0 Å². The van der Waals surface area contributed by atoms with E-state index >= 15 is 0 Å². The molecule has 0 saturated carbocycles. The summed E-state index contributed by atoms with van der Waals surface area (Å²) in [7, 11) is 0. The highest BCUT2D eigenvalue weighted by Crippen LogP contribution is 2.31. The first kappa shape index (κ1) is 25.2. The van der Waals surface area contributed by atoms with Crippen molar-refractivity contribution >= 4 is 50.5 Å². The molecule has 0 bridgehead atoms. The van der Waals surface area contributed by atoms with Crippen LogP contribution >= 0.6 is 27.5 Å². The first-order valence-corrected chi connectivity index (χ1v) is 12.9. The van der Waals surface area contributed by atoms with Crippen LogP contribution in [0.1, 0.15) is 27.9 Å². The Labute approximate surface area is 227 Å². The van der Waals surface area contributed by atoms with Crippen molar-refractivity contribution < 1.29 is 9.18 Å². The van der Waals surface area contributed by atoms with Gasteiger partial charge in [0.1, 0.15) is 11.0 Å². The Hall–Kier alpha value is -3.51. The van der Waals surface area contributed by atoms with Crippen molar-refractivity contribution in [3.63, 3.8) is 0 Å². The lowest BCUT2D eigenvalue weighted by atomic mass is 10.0. The van der Waals surface area contributed by atoms with Crippen molar-refractivity contribution in [3.8, 4) is 6.07 Å². The minimum absolute atomic E-state index is 0.246. The number of hydrogen-bond donors (Lipinski definition) is 1. The molecule has 0 unspecified atom stereocenters. The molecule has 0 atom stereocenters. The van der Waals surface area contributed by atoms with Gasteiger partial charge in [0, 0.05) is 49.9 Å². The van der Waals surface area contributed by atoms with E-state index in [0.29, 0.717) is 41.2 Å². The van der Waals surface area contributed by atoms with Crippen LogP contribution in [-0.2, 0) is 19.5 Å². The number of fused-ring (bicyclic) bond motifs is 3. The van der Waals surface area contributed by atoms with E-state index in [1.54, 1.807) is 47.2 Å². The predicted octanol–water partition coefficient (Wildman–Crippen LogP) is 6.29. The van der Waals surface area contributed by atoms with E-state index in [4.69, 9.17) is 11.6 Å². The van der Waals surface area contributed by atoms with Gasteiger partial charge in [-0.1, -0.05) is 35.9 Å². The molecule has 4 aromatic rings. The number of halogens is 3. The number of amides is 1. The standard InChI is InChI=1S/C28H22BrClFN5O/c29-23-12-18(4-6-24(23)31)2-1-10-35-11-8-25-22(17-35)21-5-3-19(15-32)13-26(21)36(25)28(37)34-16-20-7-9-33-27(30)14-20/h1-7,9,12-14H,8,10-11,16-17H2,(H,34,37)/b2-1+. The van der Waals surface area contributed by atoms with E-state index in [2.05, 4.69) is 43.3 Å². The van der Waals surface area contributed by atoms with Gasteiger partial charge in [-0.2, -0.15) is 5.26 Å². The van der Waals surface area contributed by atoms with E-state index in [0.717, 1.165) is 39.8 Å². The molecule has 3 heterocycles. The smallest absolute Gasteiger partial charge is 0.326 e. The Kier molecular flexibility index (Phi) is 7.38. The Morgan fingerprint density at radius 3 is 2.89 bits per heavy atom. The molecule has 186 valence electrons. The highest BCUT2D eigenvalue weighted by molar-refractivity contribution is 9.10. The van der Waals surface area contributed by atoms with Crippen LogP contribution in [0.3, 0.4) is 0 Å². The topological polar surface area (TPSA) is 74.0 Å². The minimum Gasteiger partial charge on any atom is -0.333 e. The monoisotopic (exact) mass is 577 g/mol. The van der Waals surface area contributed by atoms with E-state index < -0.39 is 0 Å². The van der Waals surface area contributed by atoms with Gasteiger partial charge in [0.2, 0.25) is 0 Å². The summed E-state index contributed by atoms with van der Waals surface area (Å²) >= 11 is 9.20. The number of carbonyl (C=O) groups is 1. The molecule has 1 N–H and O–H groups in total. The number of nitrogens with zero attached hydrogens (tertiary/aromatic N) is 4. The highest BCUT2D eigenvalue weighted by atomic mass is 79.9. The fraction of sp³-hybridized carbons (Fsp3) is 0.179. The van der Waals surface area contributed by atoms with Crippen molar-refractivity contribution in [1.29, 1.82) is 5.26 Å². The summed E-state index contributed by atoms with van der Waals surface area (Å²) in [5.74, 6) is -0.287. The fourth-order valence-electron chi connectivity index (χ4n) is 4.63. The number of rotatable bonds is 5. The minimum atomic E-state index is -0.287. The predicted molar refractivity (Wildman–Crippen MR) is 146 cm³/mol. The number of carbonyl (C=O) groups excluding carboxylic acids is 1. The molecule has 1 amide bonds. The number of aromatic nitrogens is 2. The average molecular weight is 579 g/mol. The van der Waals surface area contributed by atoms with Crippen molar-refractivity contribution in [1.82, 2.24) is 19.8 Å². The number of nitrogens with one attached hydrogen (secondary N) is 1. The van der Waals surface area contributed by atoms with E-state index in [1.807, 2.05) is 12.1 Å². The largest absolute Gasteiger partial charge is 0.333 e. The van der Waals surface area contributed by atoms with Crippen LogP contribution in [0.2, 0.25) is 5.15 Å². The zero-order valence-electron chi connectivity index (χ0n) is 19.7. The van der Waals surface area contributed by atoms with E-state index in [9.17, 15) is 14.4 Å². The summed E-state index contributed by atoms with van der Waals surface area (Å²) in [6, 6.07) is 15.9. The molecule has 9 heteroatoms. The van der Waals surface area contributed by atoms with Gasteiger partial charge >= 0.3 is 6.03 Å². The zero-order valence-corrected chi connectivity index (χ0v) is 22.1. The maximum Gasteiger partial charge on any atom is 0.326 e. The second-order valence-corrected chi connectivity index (χ2v) is 10.1. The highest BCUT2D eigenvalue weighted by Gasteiger charge is 2.26. The van der Waals surface area contributed by atoms with Crippen LogP contribution < -0.4 is 5.32 Å². The Morgan fingerprint density at radius 2 is 2.11 bits per heavy atom. The third kappa shape index (κ3) is 5.44. The van der Waals surface area contributed by atoms with Gasteiger partial charge in [-0.25, -0.2) is 14.2 Å². The SMILES string of the molecule is N#Cc1ccc2c3c(n(C(=O)NCc4ccnc(Cl)c4)c2c1)CCN(C/C=C/c1ccc(F)c(Br)c1)C3. The van der Waals surface area contributed by atoms with Crippen molar-refractivity contribution in [2.75, 3.05) is 13.1 Å². The van der Waals surface area contributed by atoms with Crippen molar-refractivity contribution in [2.45, 2.75) is 19.5 Å². The summed E-state index contributed by atoms with van der Waals surface area (Å²) in [5, 5.41) is 13.8. The third-order valence-corrected chi connectivity index (χ3v) is 7.23. The lowest BCUT2D eigenvalue weighted by molar-refractivity contribution is 0.240. The van der Waals surface area contributed by atoms with Crippen LogP contribution in [0, 0.1) is 17.1 Å². The molecular weight excluding hydrogens is 557 g/mol. The molecule has 1 aliphatic rings. The summed E-state index contributed by atoms with van der Waals surface area (Å²) < 4.78 is 15.6. The van der Waals surface area contributed by atoms with Gasteiger partial charge in [-0.3, -0.25) is 9.47 Å². The van der Waals surface area contributed by atoms with Gasteiger partial charge in [0.25, 0.3) is 0 Å². The number of benzene rings is 2. The third-order valence-electron chi connectivity index (χ3n) is 6.41. The van der Waals surface area contributed by atoms with E-state index in [-0.39, 0.29) is 11.8 Å². The van der Waals surface area contributed by atoms with Gasteiger partial charge in [-0.15, -0.1) is 0 Å². The maximum absolute atomic E-state index is 13.5. The normalized spacial score (nSPS) is 13.6. The Balaban J connectivity index is 1.39. The van der Waals surface area contributed by atoms with Gasteiger partial charge in [0.15, 0.2) is 0 Å². The average Bonchev–Trinajstić information content (AvgIpc) is 3.22. The lowest BCUT2D eigenvalue weighted by Gasteiger charge is -2.27. The summed E-state index contributed by atoms with van der Waals surface area (Å²) in [6.45, 7) is 2.48. The molecule has 6 nitrogen and oxygen atoms in total. The first-order chi connectivity index (χ1) is 17.9. The molecule has 5 rings (SSSR count). The summed E-state index contributed by atoms with van der Waals surface area (Å²) in [5.41, 5.74) is 5.04. The Bertz CT molecular complexity index is 1580. The molecule has 0 spiro atoms. The molecular formula is C28H22BrClFN5O. The fourth-order valence-corrected chi connectivity index (χ4v) is 5.23. The molecule has 0 saturated heterocycles. The number of pyridine rings is 1. The van der Waals surface area contributed by atoms with Crippen LogP contribution in [0.4, 0.5) is 9.18 Å².